The molecule has 0 aliphatic carbocycles. The van der Waals surface area contributed by atoms with Gasteiger partial charge in [0.1, 0.15) is 18.0 Å². The molecule has 8 heteroatoms. The number of aryl methyl sites for hydroxylation is 2. The first-order valence-corrected chi connectivity index (χ1v) is 13.2. The Bertz CT molecular complexity index is 1440. The van der Waals surface area contributed by atoms with E-state index in [0.29, 0.717) is 41.0 Å². The number of rotatable bonds is 10. The summed E-state index contributed by atoms with van der Waals surface area (Å²) < 4.78 is 7.99. The number of carboxylic acids is 1. The van der Waals surface area contributed by atoms with E-state index in [-0.39, 0.29) is 5.92 Å². The highest BCUT2D eigenvalue weighted by molar-refractivity contribution is 6.37. The smallest absolute Gasteiger partial charge is 0.335 e. The van der Waals surface area contributed by atoms with Gasteiger partial charge in [-0.25, -0.2) is 9.48 Å². The van der Waals surface area contributed by atoms with Crippen LogP contribution in [-0.4, -0.2) is 20.9 Å². The molecule has 1 aromatic heterocycles. The number of nitrogens with one attached hydrogen (secondary N) is 1. The molecule has 0 amide bonds. The SMILES string of the molecule is Cc1cc(OCc2c(C(C)C)cnn2-c2c(Cl)cccc2Cl)ccc1CNCc1ccc(C(=O)O)c(C)c1. The molecule has 0 bridgehead atoms. The van der Waals surface area contributed by atoms with Crippen molar-refractivity contribution in [3.8, 4) is 11.4 Å². The molecule has 0 spiro atoms. The van der Waals surface area contributed by atoms with Crippen LogP contribution < -0.4 is 10.1 Å². The van der Waals surface area contributed by atoms with Crippen molar-refractivity contribution in [1.29, 1.82) is 0 Å². The third kappa shape index (κ3) is 6.21. The number of hydrogen-bond donors (Lipinski definition) is 2. The molecular formula is C30H31Cl2N3O3. The van der Waals surface area contributed by atoms with Crippen molar-refractivity contribution in [2.45, 2.75) is 53.3 Å². The predicted octanol–water partition coefficient (Wildman–Crippen LogP) is 7.49. The second-order valence-electron chi connectivity index (χ2n) is 9.62. The molecule has 3 aromatic carbocycles. The van der Waals surface area contributed by atoms with Crippen molar-refractivity contribution in [3.63, 3.8) is 0 Å². The van der Waals surface area contributed by atoms with Crippen LogP contribution in [0.25, 0.3) is 5.69 Å². The molecule has 0 saturated carbocycles. The number of aromatic nitrogens is 2. The van der Waals surface area contributed by atoms with Crippen molar-refractivity contribution in [1.82, 2.24) is 15.1 Å². The van der Waals surface area contributed by atoms with Crippen LogP contribution in [0.1, 0.15) is 63.6 Å². The number of benzene rings is 3. The molecule has 0 unspecified atom stereocenters. The number of halogens is 2. The molecule has 38 heavy (non-hydrogen) atoms. The summed E-state index contributed by atoms with van der Waals surface area (Å²) in [5, 5.41) is 18.3. The molecular weight excluding hydrogens is 521 g/mol. The summed E-state index contributed by atoms with van der Waals surface area (Å²) >= 11 is 12.9. The average Bonchev–Trinajstić information content (AvgIpc) is 3.27. The fourth-order valence-corrected chi connectivity index (χ4v) is 4.98. The molecule has 0 saturated heterocycles. The van der Waals surface area contributed by atoms with Crippen LogP contribution in [-0.2, 0) is 19.7 Å². The molecule has 2 N–H and O–H groups in total. The van der Waals surface area contributed by atoms with E-state index in [2.05, 4.69) is 37.3 Å². The third-order valence-corrected chi connectivity index (χ3v) is 7.14. The number of nitrogens with zero attached hydrogens (tertiary/aromatic N) is 2. The van der Waals surface area contributed by atoms with E-state index in [9.17, 15) is 9.90 Å². The maximum Gasteiger partial charge on any atom is 0.335 e. The summed E-state index contributed by atoms with van der Waals surface area (Å²) in [6.45, 7) is 9.75. The van der Waals surface area contributed by atoms with Gasteiger partial charge >= 0.3 is 5.97 Å². The lowest BCUT2D eigenvalue weighted by Gasteiger charge is -2.16. The first kappa shape index (κ1) is 27.7. The van der Waals surface area contributed by atoms with E-state index in [4.69, 9.17) is 27.9 Å². The van der Waals surface area contributed by atoms with Crippen LogP contribution in [0.5, 0.6) is 5.75 Å². The Morgan fingerprint density at radius 3 is 2.39 bits per heavy atom. The lowest BCUT2D eigenvalue weighted by Crippen LogP contribution is -2.14. The number of carboxylic acid groups (broad SMARTS) is 1. The number of carbonyl (C=O) groups is 1. The Kier molecular flexibility index (Phi) is 8.77. The quantitative estimate of drug-likeness (QED) is 0.213. The zero-order valence-corrected chi connectivity index (χ0v) is 23.4. The van der Waals surface area contributed by atoms with Gasteiger partial charge in [-0.1, -0.05) is 61.3 Å². The van der Waals surface area contributed by atoms with Crippen molar-refractivity contribution >= 4 is 29.2 Å². The highest BCUT2D eigenvalue weighted by atomic mass is 35.5. The number of aromatic carboxylic acids is 1. The van der Waals surface area contributed by atoms with Gasteiger partial charge in [0.2, 0.25) is 0 Å². The largest absolute Gasteiger partial charge is 0.487 e. The van der Waals surface area contributed by atoms with Crippen molar-refractivity contribution in [2.75, 3.05) is 0 Å². The minimum atomic E-state index is -0.905. The molecule has 198 valence electrons. The zero-order chi connectivity index (χ0) is 27.4. The van der Waals surface area contributed by atoms with Crippen LogP contribution in [0.15, 0.2) is 60.8 Å². The van der Waals surface area contributed by atoms with E-state index < -0.39 is 5.97 Å². The molecule has 0 aliphatic heterocycles. The van der Waals surface area contributed by atoms with Gasteiger partial charge in [0.05, 0.1) is 27.5 Å². The van der Waals surface area contributed by atoms with E-state index >= 15 is 0 Å². The summed E-state index contributed by atoms with van der Waals surface area (Å²) in [5.74, 6) is 0.110. The maximum absolute atomic E-state index is 11.2. The molecule has 4 rings (SSSR count). The van der Waals surface area contributed by atoms with E-state index in [1.54, 1.807) is 22.9 Å². The molecule has 0 aliphatic rings. The van der Waals surface area contributed by atoms with Gasteiger partial charge in [-0.2, -0.15) is 5.10 Å². The predicted molar refractivity (Wildman–Crippen MR) is 152 cm³/mol. The molecule has 4 aromatic rings. The Labute approximate surface area is 233 Å². The minimum Gasteiger partial charge on any atom is -0.487 e. The summed E-state index contributed by atoms with van der Waals surface area (Å²) in [6, 6.07) is 16.9. The molecule has 0 radical (unpaired) electrons. The number of hydrogen-bond acceptors (Lipinski definition) is 4. The Morgan fingerprint density at radius 2 is 1.76 bits per heavy atom. The normalized spacial score (nSPS) is 11.2. The molecule has 0 fully saturated rings. The maximum atomic E-state index is 11.2. The Balaban J connectivity index is 1.44. The fraction of sp³-hybridized carbons (Fsp3) is 0.267. The fourth-order valence-electron chi connectivity index (χ4n) is 4.42. The Hall–Kier alpha value is -3.32. The molecule has 1 heterocycles. The van der Waals surface area contributed by atoms with E-state index in [0.717, 1.165) is 39.3 Å². The third-order valence-electron chi connectivity index (χ3n) is 6.53. The van der Waals surface area contributed by atoms with Crippen LogP contribution >= 0.6 is 23.2 Å². The van der Waals surface area contributed by atoms with Crippen LogP contribution in [0.4, 0.5) is 0 Å². The second-order valence-corrected chi connectivity index (χ2v) is 10.4. The van der Waals surface area contributed by atoms with Gasteiger partial charge in [0, 0.05) is 13.1 Å². The summed E-state index contributed by atoms with van der Waals surface area (Å²) in [7, 11) is 0. The molecule has 6 nitrogen and oxygen atoms in total. The summed E-state index contributed by atoms with van der Waals surface area (Å²) in [6.07, 6.45) is 1.85. The van der Waals surface area contributed by atoms with Crippen LogP contribution in [0.2, 0.25) is 10.0 Å². The first-order chi connectivity index (χ1) is 18.2. The highest BCUT2D eigenvalue weighted by Crippen LogP contribution is 2.32. The van der Waals surface area contributed by atoms with Crippen molar-refractivity contribution < 1.29 is 14.6 Å². The van der Waals surface area contributed by atoms with Gasteiger partial charge in [0.15, 0.2) is 0 Å². The van der Waals surface area contributed by atoms with E-state index in [1.165, 1.54) is 0 Å². The number of para-hydroxylation sites is 1. The lowest BCUT2D eigenvalue weighted by atomic mass is 10.0. The zero-order valence-electron chi connectivity index (χ0n) is 21.9. The summed E-state index contributed by atoms with van der Waals surface area (Å²) in [4.78, 5) is 11.2. The van der Waals surface area contributed by atoms with E-state index in [1.807, 2.05) is 43.5 Å². The van der Waals surface area contributed by atoms with Crippen LogP contribution in [0, 0.1) is 13.8 Å². The number of ether oxygens (including phenoxy) is 1. The van der Waals surface area contributed by atoms with Gasteiger partial charge in [-0.15, -0.1) is 0 Å². The van der Waals surface area contributed by atoms with Crippen molar-refractivity contribution in [2.24, 2.45) is 0 Å². The topological polar surface area (TPSA) is 76.4 Å². The first-order valence-electron chi connectivity index (χ1n) is 12.4. The highest BCUT2D eigenvalue weighted by Gasteiger charge is 2.19. The monoisotopic (exact) mass is 551 g/mol. The van der Waals surface area contributed by atoms with Crippen LogP contribution in [0.3, 0.4) is 0 Å². The van der Waals surface area contributed by atoms with Gasteiger partial charge < -0.3 is 15.2 Å². The Morgan fingerprint density at radius 1 is 1.03 bits per heavy atom. The van der Waals surface area contributed by atoms with Gasteiger partial charge in [-0.05, 0) is 77.9 Å². The summed E-state index contributed by atoms with van der Waals surface area (Å²) in [5.41, 5.74) is 7.03. The standard InChI is InChI=1S/C30H31Cl2N3O3/c1-18(2)25-16-34-35(29-26(31)6-5-7-27(29)32)28(25)17-38-23-10-9-22(19(3)13-23)15-33-14-21-8-11-24(30(36)37)20(4)12-21/h5-13,16,18,33H,14-15,17H2,1-4H3,(H,36,37). The minimum absolute atomic E-state index is 0.253. The lowest BCUT2D eigenvalue weighted by molar-refractivity contribution is 0.0696. The molecule has 0 atom stereocenters. The second kappa shape index (κ2) is 12.0. The van der Waals surface area contributed by atoms with Crippen molar-refractivity contribution in [3.05, 3.63) is 110 Å². The van der Waals surface area contributed by atoms with Gasteiger partial charge in [-0.3, -0.25) is 0 Å². The van der Waals surface area contributed by atoms with Gasteiger partial charge in [0.25, 0.3) is 0 Å². The average molecular weight is 553 g/mol.